The molecule has 0 radical (unpaired) electrons. The minimum Gasteiger partial charge on any atom is -0.467 e. The maximum atomic E-state index is 5.75. The summed E-state index contributed by atoms with van der Waals surface area (Å²) in [7, 11) is 1.50. The van der Waals surface area contributed by atoms with Gasteiger partial charge in [0.2, 0.25) is 11.9 Å². The van der Waals surface area contributed by atoms with Crippen molar-refractivity contribution >= 4 is 11.9 Å². The molecule has 2 aliphatic rings. The molecule has 7 heteroatoms. The number of nitrogen functional groups attached to an aromatic ring is 1. The zero-order chi connectivity index (χ0) is 12.5. The summed E-state index contributed by atoms with van der Waals surface area (Å²) in [6, 6.07) is 0.482. The molecule has 18 heavy (non-hydrogen) atoms. The van der Waals surface area contributed by atoms with Gasteiger partial charge in [-0.2, -0.15) is 15.0 Å². The summed E-state index contributed by atoms with van der Waals surface area (Å²) < 4.78 is 10.7. The van der Waals surface area contributed by atoms with Crippen molar-refractivity contribution in [3.05, 3.63) is 0 Å². The van der Waals surface area contributed by atoms with Crippen LogP contribution in [0, 0.1) is 5.92 Å². The molecule has 1 aliphatic carbocycles. The smallest absolute Gasteiger partial charge is 0.322 e. The quantitative estimate of drug-likeness (QED) is 0.801. The Hall–Kier alpha value is -1.63. The predicted octanol–water partition coefficient (Wildman–Crippen LogP) is 0.442. The fourth-order valence-corrected chi connectivity index (χ4v) is 2.35. The van der Waals surface area contributed by atoms with E-state index in [1.165, 1.54) is 20.0 Å². The molecule has 2 unspecified atom stereocenters. The van der Waals surface area contributed by atoms with Crippen LogP contribution in [0.5, 0.6) is 6.01 Å². The molecule has 1 aromatic heterocycles. The highest BCUT2D eigenvalue weighted by Gasteiger charge is 2.40. The summed E-state index contributed by atoms with van der Waals surface area (Å²) in [4.78, 5) is 12.1. The van der Waals surface area contributed by atoms with Crippen molar-refractivity contribution in [1.82, 2.24) is 15.0 Å². The number of ether oxygens (including phenoxy) is 2. The van der Waals surface area contributed by atoms with Gasteiger partial charge in [-0.05, 0) is 25.2 Å². The Kier molecular flexibility index (Phi) is 2.91. The van der Waals surface area contributed by atoms with Gasteiger partial charge >= 0.3 is 6.01 Å². The number of aromatic nitrogens is 3. The molecular formula is C11H17N5O2. The molecule has 1 saturated heterocycles. The first kappa shape index (κ1) is 11.5. The van der Waals surface area contributed by atoms with Crippen molar-refractivity contribution in [2.45, 2.75) is 31.4 Å². The lowest BCUT2D eigenvalue weighted by Crippen LogP contribution is -2.31. The number of rotatable bonds is 4. The minimum absolute atomic E-state index is 0.159. The first-order valence-electron chi connectivity index (χ1n) is 6.20. The third-order valence-corrected chi connectivity index (χ3v) is 3.35. The molecule has 7 nitrogen and oxygen atoms in total. The third kappa shape index (κ3) is 2.31. The van der Waals surface area contributed by atoms with Crippen LogP contribution in [-0.4, -0.2) is 40.8 Å². The molecule has 2 atom stereocenters. The molecular weight excluding hydrogens is 234 g/mol. The number of anilines is 2. The molecule has 0 spiro atoms. The average molecular weight is 251 g/mol. The van der Waals surface area contributed by atoms with Crippen LogP contribution in [0.4, 0.5) is 11.9 Å². The SMILES string of the molecule is COc1nc(N)nc(NC2CCOC2C2CC2)n1. The third-order valence-electron chi connectivity index (χ3n) is 3.35. The van der Waals surface area contributed by atoms with Gasteiger partial charge in [0.25, 0.3) is 0 Å². The van der Waals surface area contributed by atoms with E-state index in [4.69, 9.17) is 15.2 Å². The van der Waals surface area contributed by atoms with Crippen LogP contribution in [0.25, 0.3) is 0 Å². The van der Waals surface area contributed by atoms with Gasteiger partial charge in [0.05, 0.1) is 19.3 Å². The fraction of sp³-hybridized carbons (Fsp3) is 0.727. The van der Waals surface area contributed by atoms with Gasteiger partial charge in [0, 0.05) is 6.61 Å². The second kappa shape index (κ2) is 4.56. The standard InChI is InChI=1S/C11H17N5O2/c1-17-11-15-9(12)14-10(16-11)13-7-4-5-18-8(7)6-2-3-6/h6-8H,2-5H2,1H3,(H3,12,13,14,15,16). The van der Waals surface area contributed by atoms with Crippen LogP contribution in [0.2, 0.25) is 0 Å². The Labute approximate surface area is 105 Å². The summed E-state index contributed by atoms with van der Waals surface area (Å²) in [6.45, 7) is 0.788. The van der Waals surface area contributed by atoms with Gasteiger partial charge < -0.3 is 20.5 Å². The van der Waals surface area contributed by atoms with Gasteiger partial charge in [0.15, 0.2) is 0 Å². The van der Waals surface area contributed by atoms with Gasteiger partial charge in [-0.3, -0.25) is 0 Å². The lowest BCUT2D eigenvalue weighted by atomic mass is 10.1. The Morgan fingerprint density at radius 1 is 1.28 bits per heavy atom. The Morgan fingerprint density at radius 2 is 2.11 bits per heavy atom. The molecule has 3 N–H and O–H groups in total. The van der Waals surface area contributed by atoms with Crippen molar-refractivity contribution in [3.8, 4) is 6.01 Å². The second-order valence-electron chi connectivity index (χ2n) is 4.72. The van der Waals surface area contributed by atoms with Crippen LogP contribution in [0.15, 0.2) is 0 Å². The lowest BCUT2D eigenvalue weighted by molar-refractivity contribution is 0.0897. The molecule has 98 valence electrons. The molecule has 3 rings (SSSR count). The highest BCUT2D eigenvalue weighted by atomic mass is 16.5. The fourth-order valence-electron chi connectivity index (χ4n) is 2.35. The summed E-state index contributed by atoms with van der Waals surface area (Å²) in [5.74, 6) is 1.30. The number of nitrogens with two attached hydrogens (primary N) is 1. The Bertz CT molecular complexity index is 437. The number of hydrogen-bond donors (Lipinski definition) is 2. The lowest BCUT2D eigenvalue weighted by Gasteiger charge is -2.19. The minimum atomic E-state index is 0.159. The van der Waals surface area contributed by atoms with E-state index in [1.807, 2.05) is 0 Å². The molecule has 0 aromatic carbocycles. The van der Waals surface area contributed by atoms with E-state index in [9.17, 15) is 0 Å². The summed E-state index contributed by atoms with van der Waals surface area (Å²) in [6.07, 6.45) is 3.75. The van der Waals surface area contributed by atoms with Crippen molar-refractivity contribution in [3.63, 3.8) is 0 Å². The Morgan fingerprint density at radius 3 is 2.83 bits per heavy atom. The normalized spacial score (nSPS) is 27.2. The van der Waals surface area contributed by atoms with E-state index in [-0.39, 0.29) is 24.1 Å². The zero-order valence-corrected chi connectivity index (χ0v) is 10.3. The van der Waals surface area contributed by atoms with Crippen molar-refractivity contribution in [2.75, 3.05) is 24.8 Å². The summed E-state index contributed by atoms with van der Waals surface area (Å²) in [5, 5.41) is 3.28. The van der Waals surface area contributed by atoms with E-state index in [2.05, 4.69) is 20.3 Å². The predicted molar refractivity (Wildman–Crippen MR) is 65.3 cm³/mol. The molecule has 2 fully saturated rings. The van der Waals surface area contributed by atoms with Crippen LogP contribution in [0.1, 0.15) is 19.3 Å². The van der Waals surface area contributed by atoms with Crippen molar-refractivity contribution in [2.24, 2.45) is 5.92 Å². The maximum Gasteiger partial charge on any atom is 0.322 e. The Balaban J connectivity index is 1.73. The number of methoxy groups -OCH3 is 1. The van der Waals surface area contributed by atoms with Gasteiger partial charge in [0.1, 0.15) is 0 Å². The van der Waals surface area contributed by atoms with E-state index in [0.29, 0.717) is 11.9 Å². The van der Waals surface area contributed by atoms with Gasteiger partial charge in [-0.1, -0.05) is 0 Å². The van der Waals surface area contributed by atoms with E-state index >= 15 is 0 Å². The summed E-state index contributed by atoms with van der Waals surface area (Å²) >= 11 is 0. The number of hydrogen-bond acceptors (Lipinski definition) is 7. The van der Waals surface area contributed by atoms with Gasteiger partial charge in [-0.25, -0.2) is 0 Å². The van der Waals surface area contributed by atoms with E-state index < -0.39 is 0 Å². The first-order valence-corrected chi connectivity index (χ1v) is 6.20. The zero-order valence-electron chi connectivity index (χ0n) is 10.3. The molecule has 1 aliphatic heterocycles. The maximum absolute atomic E-state index is 5.75. The van der Waals surface area contributed by atoms with E-state index in [1.54, 1.807) is 0 Å². The summed E-state index contributed by atoms with van der Waals surface area (Å²) in [5.41, 5.74) is 5.60. The number of nitrogens with zero attached hydrogens (tertiary/aromatic N) is 3. The van der Waals surface area contributed by atoms with Crippen LogP contribution in [0.3, 0.4) is 0 Å². The highest BCUT2D eigenvalue weighted by Crippen LogP contribution is 2.39. The monoisotopic (exact) mass is 251 g/mol. The van der Waals surface area contributed by atoms with Crippen molar-refractivity contribution < 1.29 is 9.47 Å². The van der Waals surface area contributed by atoms with Gasteiger partial charge in [-0.15, -0.1) is 0 Å². The molecule has 1 saturated carbocycles. The number of nitrogens with one attached hydrogen (secondary N) is 1. The largest absolute Gasteiger partial charge is 0.467 e. The molecule has 2 heterocycles. The topological polar surface area (TPSA) is 95.2 Å². The molecule has 1 aromatic rings. The van der Waals surface area contributed by atoms with E-state index in [0.717, 1.165) is 13.0 Å². The average Bonchev–Trinajstić information content (AvgIpc) is 3.10. The van der Waals surface area contributed by atoms with Crippen molar-refractivity contribution in [1.29, 1.82) is 0 Å². The van der Waals surface area contributed by atoms with Crippen LogP contribution < -0.4 is 15.8 Å². The molecule has 0 amide bonds. The second-order valence-corrected chi connectivity index (χ2v) is 4.72. The van der Waals surface area contributed by atoms with Crippen LogP contribution in [-0.2, 0) is 4.74 Å². The highest BCUT2D eigenvalue weighted by molar-refractivity contribution is 5.34. The first-order chi connectivity index (χ1) is 8.76. The van der Waals surface area contributed by atoms with Crippen LogP contribution >= 0.6 is 0 Å². The molecule has 0 bridgehead atoms.